The maximum absolute atomic E-state index is 15.2. The number of anilines is 1. The van der Waals surface area contributed by atoms with Crippen molar-refractivity contribution in [1.82, 2.24) is 15.1 Å². The maximum atomic E-state index is 15.2. The summed E-state index contributed by atoms with van der Waals surface area (Å²) < 4.78 is 32.8. The molecule has 2 atom stereocenters. The molecule has 0 unspecified atom stereocenters. The third kappa shape index (κ3) is 11.4. The number of benzene rings is 5. The summed E-state index contributed by atoms with van der Waals surface area (Å²) in [7, 11) is 3.15. The van der Waals surface area contributed by atoms with Gasteiger partial charge in [0, 0.05) is 37.5 Å². The van der Waals surface area contributed by atoms with Crippen molar-refractivity contribution in [3.05, 3.63) is 178 Å². The Labute approximate surface area is 385 Å². The first kappa shape index (κ1) is 47.0. The first-order chi connectivity index (χ1) is 31.6. The highest BCUT2D eigenvalue weighted by Gasteiger charge is 2.53. The normalized spacial score (nSPS) is 16.7. The topological polar surface area (TPSA) is 138 Å². The van der Waals surface area contributed by atoms with E-state index in [1.165, 1.54) is 40.1 Å². The molecule has 2 N–H and O–H groups in total. The zero-order valence-electron chi connectivity index (χ0n) is 38.0. The number of ether oxygens (including phenoxy) is 3. The van der Waals surface area contributed by atoms with Crippen molar-refractivity contribution in [2.75, 3.05) is 38.7 Å². The first-order valence-electron chi connectivity index (χ1n) is 22.1. The van der Waals surface area contributed by atoms with Crippen LogP contribution in [0.1, 0.15) is 82.1 Å². The van der Waals surface area contributed by atoms with Crippen LogP contribution in [0, 0.1) is 5.82 Å². The molecule has 4 amide bonds. The van der Waals surface area contributed by atoms with E-state index in [9.17, 15) is 24.3 Å². The van der Waals surface area contributed by atoms with Gasteiger partial charge in [0.25, 0.3) is 11.8 Å². The van der Waals surface area contributed by atoms with Crippen LogP contribution in [-0.4, -0.2) is 84.8 Å². The minimum atomic E-state index is -1.41. The lowest BCUT2D eigenvalue weighted by Gasteiger charge is -2.36. The minimum absolute atomic E-state index is 0.000747. The van der Waals surface area contributed by atoms with Crippen LogP contribution in [0.5, 0.6) is 5.75 Å². The van der Waals surface area contributed by atoms with Gasteiger partial charge >= 0.3 is 12.2 Å². The molecule has 0 aromatic heterocycles. The van der Waals surface area contributed by atoms with Gasteiger partial charge in [0.05, 0.1) is 24.2 Å². The van der Waals surface area contributed by atoms with Crippen molar-refractivity contribution in [3.8, 4) is 5.75 Å². The average Bonchev–Trinajstić information content (AvgIpc) is 4.12. The third-order valence-electron chi connectivity index (χ3n) is 11.9. The second-order valence-electron chi connectivity index (χ2n) is 18.0. The van der Waals surface area contributed by atoms with Gasteiger partial charge in [-0.3, -0.25) is 19.4 Å². The van der Waals surface area contributed by atoms with Crippen LogP contribution in [0.3, 0.4) is 0 Å². The molecule has 1 aliphatic heterocycles. The molecule has 1 saturated carbocycles. The summed E-state index contributed by atoms with van der Waals surface area (Å²) in [5.41, 5.74) is 3.41. The molecule has 5 aromatic rings. The summed E-state index contributed by atoms with van der Waals surface area (Å²) in [5.74, 6) is -1.77. The van der Waals surface area contributed by atoms with Gasteiger partial charge in [-0.2, -0.15) is 0 Å². The Morgan fingerprint density at radius 3 is 2.20 bits per heavy atom. The number of carbonyl (C=O) groups excluding carboxylic acids is 4. The molecule has 12 nitrogen and oxygen atoms in total. The van der Waals surface area contributed by atoms with Gasteiger partial charge in [0.15, 0.2) is 11.6 Å². The Morgan fingerprint density at radius 2 is 1.55 bits per heavy atom. The lowest BCUT2D eigenvalue weighted by molar-refractivity contribution is 0.0319. The van der Waals surface area contributed by atoms with Gasteiger partial charge in [-0.1, -0.05) is 118 Å². The molecular formula is C53H57FN4O8. The minimum Gasteiger partial charge on any atom is -0.486 e. The molecule has 0 spiro atoms. The molecule has 2 aliphatic rings. The molecule has 13 heteroatoms. The standard InChI is InChI=1S/C53H57FN4O8/c1-52(2,3)41-19-14-20-42(32-41)53(23-24-53)58(51(63)66-35-37-17-10-7-11-18-37)33-46(59)45-27-38-21-22-44(54)47(28-38)64-26-13-12-25-57(50(62)65-34-36-15-8-6-9-16-36)43-30-39(48(60)55-45)29-40(31-43)49(61)56(4)5/h6-22,28-32,45-46,59H,23-27,33-35H2,1-5H3,(H,55,60)/b13-12+/t45-,46+/m0/s1. The van der Waals surface area contributed by atoms with E-state index in [2.05, 4.69) is 38.2 Å². The van der Waals surface area contributed by atoms with Crippen LogP contribution in [0.25, 0.3) is 0 Å². The van der Waals surface area contributed by atoms with Crippen molar-refractivity contribution in [3.63, 3.8) is 0 Å². The van der Waals surface area contributed by atoms with E-state index in [1.54, 1.807) is 37.2 Å². The fourth-order valence-electron chi connectivity index (χ4n) is 7.97. The van der Waals surface area contributed by atoms with Crippen LogP contribution >= 0.6 is 0 Å². The highest BCUT2D eigenvalue weighted by atomic mass is 19.1. The number of aliphatic hydroxyl groups excluding tert-OH is 1. The summed E-state index contributed by atoms with van der Waals surface area (Å²) in [6.45, 7) is 5.95. The molecule has 1 aliphatic carbocycles. The highest BCUT2D eigenvalue weighted by Crippen LogP contribution is 2.52. The second-order valence-corrected chi connectivity index (χ2v) is 18.0. The number of fused-ring (bicyclic) bond motifs is 4. The number of aliphatic hydroxyl groups is 1. The van der Waals surface area contributed by atoms with Crippen LogP contribution < -0.4 is 15.0 Å². The van der Waals surface area contributed by atoms with Gasteiger partial charge in [-0.15, -0.1) is 0 Å². The Hall–Kier alpha value is -6.99. The maximum Gasteiger partial charge on any atom is 0.414 e. The van der Waals surface area contributed by atoms with E-state index < -0.39 is 47.5 Å². The summed E-state index contributed by atoms with van der Waals surface area (Å²) in [6, 6.07) is 34.2. The molecule has 4 bridgehead atoms. The lowest BCUT2D eigenvalue weighted by Crippen LogP contribution is -2.53. The van der Waals surface area contributed by atoms with Crippen LogP contribution in [0.15, 0.2) is 133 Å². The van der Waals surface area contributed by atoms with Gasteiger partial charge in [0.1, 0.15) is 19.8 Å². The van der Waals surface area contributed by atoms with E-state index in [-0.39, 0.29) is 67.3 Å². The van der Waals surface area contributed by atoms with E-state index in [4.69, 9.17) is 14.2 Å². The number of amides is 4. The number of halogens is 1. The monoisotopic (exact) mass is 896 g/mol. The Bertz CT molecular complexity index is 2560. The van der Waals surface area contributed by atoms with E-state index in [1.807, 2.05) is 72.8 Å². The quantitative estimate of drug-likeness (QED) is 0.133. The third-order valence-corrected chi connectivity index (χ3v) is 11.9. The van der Waals surface area contributed by atoms with Crippen LogP contribution in [-0.2, 0) is 40.1 Å². The summed E-state index contributed by atoms with van der Waals surface area (Å²) in [4.78, 5) is 60.7. The number of nitrogens with one attached hydrogen (secondary N) is 1. The number of hydrogen-bond donors (Lipinski definition) is 2. The van der Waals surface area contributed by atoms with Crippen molar-refractivity contribution in [1.29, 1.82) is 0 Å². The largest absolute Gasteiger partial charge is 0.486 e. The van der Waals surface area contributed by atoms with Gasteiger partial charge in [0.2, 0.25) is 0 Å². The summed E-state index contributed by atoms with van der Waals surface area (Å²) in [6.07, 6.45) is 1.68. The Balaban J connectivity index is 1.27. The average molecular weight is 897 g/mol. The van der Waals surface area contributed by atoms with Gasteiger partial charge in [-0.25, -0.2) is 14.0 Å². The van der Waals surface area contributed by atoms with Crippen molar-refractivity contribution < 1.29 is 42.9 Å². The van der Waals surface area contributed by atoms with E-state index in [0.717, 1.165) is 22.3 Å². The zero-order chi connectivity index (χ0) is 47.0. The molecule has 344 valence electrons. The molecule has 1 heterocycles. The zero-order valence-corrected chi connectivity index (χ0v) is 38.0. The molecule has 0 saturated heterocycles. The second kappa shape index (κ2) is 20.5. The molecule has 0 radical (unpaired) electrons. The fraction of sp³-hybridized carbons (Fsp3) is 0.321. The fourth-order valence-corrected chi connectivity index (χ4v) is 7.97. The number of rotatable bonds is 10. The smallest absolute Gasteiger partial charge is 0.414 e. The first-order valence-corrected chi connectivity index (χ1v) is 22.1. The van der Waals surface area contributed by atoms with Gasteiger partial charge in [-0.05, 0) is 88.9 Å². The lowest BCUT2D eigenvalue weighted by atomic mass is 9.85. The Kier molecular flexibility index (Phi) is 14.6. The Morgan fingerprint density at radius 1 is 0.864 bits per heavy atom. The molecule has 1 fully saturated rings. The van der Waals surface area contributed by atoms with Crippen molar-refractivity contribution in [2.24, 2.45) is 0 Å². The van der Waals surface area contributed by atoms with Gasteiger partial charge < -0.3 is 29.5 Å². The molecule has 66 heavy (non-hydrogen) atoms. The summed E-state index contributed by atoms with van der Waals surface area (Å²) in [5, 5.41) is 15.4. The molecule has 5 aromatic carbocycles. The van der Waals surface area contributed by atoms with Crippen molar-refractivity contribution in [2.45, 2.75) is 76.3 Å². The SMILES string of the molecule is CN(C)C(=O)c1cc2cc(c1)N(C(=O)OCc1ccccc1)C/C=C/COc1cc(ccc1F)C[C@@H]([C@H](O)CN(C(=O)OCc1ccccc1)C1(c3cccc(C(C)(C)C)c3)CC1)NC2=O. The molecule has 7 rings (SSSR count). The highest BCUT2D eigenvalue weighted by molar-refractivity contribution is 6.02. The van der Waals surface area contributed by atoms with Crippen molar-refractivity contribution >= 4 is 29.7 Å². The number of nitrogens with zero attached hydrogens (tertiary/aromatic N) is 3. The predicted molar refractivity (Wildman–Crippen MR) is 250 cm³/mol. The molecular weight excluding hydrogens is 840 g/mol. The van der Waals surface area contributed by atoms with Crippen LogP contribution in [0.4, 0.5) is 19.7 Å². The van der Waals surface area contributed by atoms with E-state index >= 15 is 4.39 Å². The number of carbonyl (C=O) groups is 4. The van der Waals surface area contributed by atoms with Crippen LogP contribution in [0.2, 0.25) is 0 Å². The number of hydrogen-bond acceptors (Lipinski definition) is 8. The predicted octanol–water partition coefficient (Wildman–Crippen LogP) is 8.95. The summed E-state index contributed by atoms with van der Waals surface area (Å²) >= 11 is 0. The van der Waals surface area contributed by atoms with E-state index in [0.29, 0.717) is 18.4 Å².